The van der Waals surface area contributed by atoms with Gasteiger partial charge in [0, 0.05) is 17.4 Å². The number of benzene rings is 1. The maximum atomic E-state index is 11.7. The van der Waals surface area contributed by atoms with Crippen molar-refractivity contribution in [2.75, 3.05) is 11.1 Å². The summed E-state index contributed by atoms with van der Waals surface area (Å²) in [6, 6.07) is 10.5. The molecule has 0 aliphatic carbocycles. The second kappa shape index (κ2) is 6.34. The Morgan fingerprint density at radius 2 is 1.86 bits per heavy atom. The number of carbonyl (C=O) groups is 1. The Morgan fingerprint density at radius 1 is 1.18 bits per heavy atom. The highest BCUT2D eigenvalue weighted by atomic mass is 16.6. The second-order valence-electron chi connectivity index (χ2n) is 5.86. The minimum atomic E-state index is -0.484. The minimum absolute atomic E-state index is 0.338. The number of hydrogen-bond donors (Lipinski definition) is 3. The van der Waals surface area contributed by atoms with Crippen molar-refractivity contribution >= 4 is 23.3 Å². The van der Waals surface area contributed by atoms with Gasteiger partial charge in [-0.3, -0.25) is 0 Å². The van der Waals surface area contributed by atoms with Gasteiger partial charge in [-0.1, -0.05) is 0 Å². The van der Waals surface area contributed by atoms with E-state index < -0.39 is 6.09 Å². The molecular weight excluding hydrogens is 280 g/mol. The molecule has 2 aromatic rings. The van der Waals surface area contributed by atoms with Gasteiger partial charge in [0.15, 0.2) is 5.82 Å². The number of carbonyl (C=O) groups excluding carboxylic acids is 1. The summed E-state index contributed by atoms with van der Waals surface area (Å²) in [4.78, 5) is 15.8. The number of nitrogens with two attached hydrogens (primary N) is 1. The topological polar surface area (TPSA) is 89.3 Å². The van der Waals surface area contributed by atoms with Gasteiger partial charge in [-0.2, -0.15) is 0 Å². The molecule has 0 fully saturated rings. The molecule has 1 heterocycles. The van der Waals surface area contributed by atoms with Crippen LogP contribution in [0.25, 0.3) is 0 Å². The number of amides is 1. The van der Waals surface area contributed by atoms with Crippen LogP contribution in [0.4, 0.5) is 22.0 Å². The van der Waals surface area contributed by atoms with E-state index in [0.29, 0.717) is 17.3 Å². The maximum absolute atomic E-state index is 11.7. The Bertz CT molecular complexity index is 648. The van der Waals surface area contributed by atoms with E-state index in [-0.39, 0.29) is 5.54 Å². The van der Waals surface area contributed by atoms with Gasteiger partial charge < -0.3 is 21.1 Å². The van der Waals surface area contributed by atoms with Crippen LogP contribution < -0.4 is 21.1 Å². The molecular formula is C16H20N4O2. The van der Waals surface area contributed by atoms with Crippen molar-refractivity contribution in [3.05, 3.63) is 42.6 Å². The zero-order valence-electron chi connectivity index (χ0n) is 12.9. The zero-order valence-corrected chi connectivity index (χ0v) is 12.9. The summed E-state index contributed by atoms with van der Waals surface area (Å²) < 4.78 is 5.20. The van der Waals surface area contributed by atoms with Crippen LogP contribution in [0.5, 0.6) is 5.75 Å². The molecule has 116 valence electrons. The summed E-state index contributed by atoms with van der Waals surface area (Å²) in [5.74, 6) is 1.04. The van der Waals surface area contributed by atoms with Gasteiger partial charge in [0.1, 0.15) is 5.75 Å². The Hall–Kier alpha value is -2.76. The first-order chi connectivity index (χ1) is 10.3. The lowest BCUT2D eigenvalue weighted by atomic mass is 10.1. The van der Waals surface area contributed by atoms with E-state index in [0.717, 1.165) is 5.69 Å². The molecule has 1 amide bonds. The third-order valence-corrected chi connectivity index (χ3v) is 2.64. The Kier molecular flexibility index (Phi) is 4.50. The summed E-state index contributed by atoms with van der Waals surface area (Å²) >= 11 is 0. The van der Waals surface area contributed by atoms with Gasteiger partial charge in [0.05, 0.1) is 5.69 Å². The number of rotatable bonds is 3. The number of ether oxygens (including phenoxy) is 1. The summed E-state index contributed by atoms with van der Waals surface area (Å²) in [7, 11) is 0. The minimum Gasteiger partial charge on any atom is -0.410 e. The number of nitrogen functional groups attached to an aromatic ring is 1. The van der Waals surface area contributed by atoms with Gasteiger partial charge in [-0.15, -0.1) is 0 Å². The molecule has 0 spiro atoms. The molecule has 6 nitrogen and oxygen atoms in total. The summed E-state index contributed by atoms with van der Waals surface area (Å²) in [5, 5.41) is 5.82. The average molecular weight is 300 g/mol. The molecule has 0 aliphatic rings. The number of pyridine rings is 1. The number of anilines is 3. The fourth-order valence-electron chi connectivity index (χ4n) is 1.70. The molecule has 0 aliphatic heterocycles. The molecule has 2 rings (SSSR count). The molecule has 0 saturated heterocycles. The third-order valence-electron chi connectivity index (χ3n) is 2.64. The Morgan fingerprint density at radius 3 is 2.45 bits per heavy atom. The fraction of sp³-hybridized carbons (Fsp3) is 0.250. The lowest BCUT2D eigenvalue weighted by molar-refractivity contribution is 0.190. The molecule has 0 bridgehead atoms. The molecule has 6 heteroatoms. The van der Waals surface area contributed by atoms with Crippen LogP contribution in [0.3, 0.4) is 0 Å². The lowest BCUT2D eigenvalue weighted by Gasteiger charge is -2.19. The predicted molar refractivity (Wildman–Crippen MR) is 87.3 cm³/mol. The van der Waals surface area contributed by atoms with Crippen LogP contribution in [-0.4, -0.2) is 16.6 Å². The van der Waals surface area contributed by atoms with Crippen molar-refractivity contribution in [2.24, 2.45) is 0 Å². The Labute approximate surface area is 129 Å². The van der Waals surface area contributed by atoms with Crippen molar-refractivity contribution in [3.8, 4) is 5.75 Å². The quantitative estimate of drug-likeness (QED) is 0.809. The first kappa shape index (κ1) is 15.6. The highest BCUT2D eigenvalue weighted by molar-refractivity contribution is 5.72. The van der Waals surface area contributed by atoms with Crippen molar-refractivity contribution in [1.29, 1.82) is 0 Å². The molecule has 4 N–H and O–H groups in total. The van der Waals surface area contributed by atoms with Crippen LogP contribution in [0.1, 0.15) is 20.8 Å². The SMILES string of the molecule is CC(C)(C)NC(=O)Oc1ccc(Nc2ncccc2N)cc1. The highest BCUT2D eigenvalue weighted by Crippen LogP contribution is 2.22. The first-order valence-electron chi connectivity index (χ1n) is 6.91. The van der Waals surface area contributed by atoms with E-state index in [1.807, 2.05) is 20.8 Å². The molecule has 0 unspecified atom stereocenters. The van der Waals surface area contributed by atoms with Gasteiger partial charge in [0.25, 0.3) is 0 Å². The van der Waals surface area contributed by atoms with Crippen molar-refractivity contribution in [3.63, 3.8) is 0 Å². The van der Waals surface area contributed by atoms with Crippen LogP contribution in [0.2, 0.25) is 0 Å². The van der Waals surface area contributed by atoms with E-state index in [4.69, 9.17) is 10.5 Å². The van der Waals surface area contributed by atoms with E-state index in [9.17, 15) is 4.79 Å². The second-order valence-corrected chi connectivity index (χ2v) is 5.86. The van der Waals surface area contributed by atoms with Gasteiger partial charge >= 0.3 is 6.09 Å². The number of nitrogens with one attached hydrogen (secondary N) is 2. The maximum Gasteiger partial charge on any atom is 0.413 e. The van der Waals surface area contributed by atoms with Crippen LogP contribution in [-0.2, 0) is 0 Å². The molecule has 0 radical (unpaired) electrons. The fourth-order valence-corrected chi connectivity index (χ4v) is 1.70. The monoisotopic (exact) mass is 300 g/mol. The molecule has 0 saturated carbocycles. The van der Waals surface area contributed by atoms with Crippen LogP contribution >= 0.6 is 0 Å². The third kappa shape index (κ3) is 4.66. The molecule has 1 aromatic carbocycles. The van der Waals surface area contributed by atoms with Gasteiger partial charge in [0.2, 0.25) is 0 Å². The predicted octanol–water partition coefficient (Wildman–Crippen LogP) is 3.29. The van der Waals surface area contributed by atoms with Crippen molar-refractivity contribution in [1.82, 2.24) is 10.3 Å². The summed E-state index contributed by atoms with van der Waals surface area (Å²) in [6.45, 7) is 5.66. The van der Waals surface area contributed by atoms with E-state index >= 15 is 0 Å². The number of nitrogens with zero attached hydrogens (tertiary/aromatic N) is 1. The van der Waals surface area contributed by atoms with E-state index in [1.165, 1.54) is 0 Å². The summed E-state index contributed by atoms with van der Waals surface area (Å²) in [6.07, 6.45) is 1.18. The van der Waals surface area contributed by atoms with Gasteiger partial charge in [-0.25, -0.2) is 9.78 Å². The number of aromatic nitrogens is 1. The lowest BCUT2D eigenvalue weighted by Crippen LogP contribution is -2.42. The largest absolute Gasteiger partial charge is 0.413 e. The van der Waals surface area contributed by atoms with Crippen LogP contribution in [0, 0.1) is 0 Å². The highest BCUT2D eigenvalue weighted by Gasteiger charge is 2.15. The normalized spacial score (nSPS) is 10.9. The van der Waals surface area contributed by atoms with Crippen molar-refractivity contribution in [2.45, 2.75) is 26.3 Å². The standard InChI is InChI=1S/C16H20N4O2/c1-16(2,3)20-15(21)22-12-8-6-11(7-9-12)19-14-13(17)5-4-10-18-14/h4-10H,17H2,1-3H3,(H,18,19)(H,20,21). The van der Waals surface area contributed by atoms with Crippen molar-refractivity contribution < 1.29 is 9.53 Å². The molecule has 1 aromatic heterocycles. The molecule has 0 atom stereocenters. The van der Waals surface area contributed by atoms with Crippen LogP contribution in [0.15, 0.2) is 42.6 Å². The number of hydrogen-bond acceptors (Lipinski definition) is 5. The first-order valence-corrected chi connectivity index (χ1v) is 6.91. The van der Waals surface area contributed by atoms with E-state index in [1.54, 1.807) is 42.6 Å². The average Bonchev–Trinajstić information content (AvgIpc) is 2.41. The molecule has 22 heavy (non-hydrogen) atoms. The summed E-state index contributed by atoms with van der Waals surface area (Å²) in [5.41, 5.74) is 6.84. The van der Waals surface area contributed by atoms with Gasteiger partial charge in [-0.05, 0) is 57.2 Å². The Balaban J connectivity index is 1.99. The smallest absolute Gasteiger partial charge is 0.410 e. The zero-order chi connectivity index (χ0) is 16.2. The van der Waals surface area contributed by atoms with E-state index in [2.05, 4.69) is 15.6 Å².